The molecule has 12 heavy (non-hydrogen) atoms. The number of hydrogen-bond acceptors (Lipinski definition) is 1. The van der Waals surface area contributed by atoms with Crippen molar-refractivity contribution < 1.29 is 0 Å². The largest absolute Gasteiger partial charge is 0.399 e. The van der Waals surface area contributed by atoms with Gasteiger partial charge in [-0.2, -0.15) is 0 Å². The summed E-state index contributed by atoms with van der Waals surface area (Å²) in [4.78, 5) is 3.12. The van der Waals surface area contributed by atoms with Crippen LogP contribution in [0.1, 0.15) is 5.56 Å². The molecule has 0 fully saturated rings. The van der Waals surface area contributed by atoms with Gasteiger partial charge in [-0.05, 0) is 17.7 Å². The smallest absolute Gasteiger partial charge is 0.0495 e. The first-order chi connectivity index (χ1) is 5.81. The zero-order valence-electron chi connectivity index (χ0n) is 6.47. The normalized spacial score (nSPS) is 10.8. The Morgan fingerprint density at radius 2 is 2.25 bits per heavy atom. The van der Waals surface area contributed by atoms with E-state index in [0.717, 1.165) is 22.2 Å². The zero-order valence-corrected chi connectivity index (χ0v) is 7.23. The van der Waals surface area contributed by atoms with Gasteiger partial charge in [0.25, 0.3) is 0 Å². The van der Waals surface area contributed by atoms with Crippen molar-refractivity contribution in [1.82, 2.24) is 4.98 Å². The fourth-order valence-corrected chi connectivity index (χ4v) is 1.54. The fourth-order valence-electron chi connectivity index (χ4n) is 1.31. The van der Waals surface area contributed by atoms with Crippen LogP contribution >= 0.6 is 11.6 Å². The van der Waals surface area contributed by atoms with Crippen LogP contribution in [0.15, 0.2) is 24.4 Å². The minimum absolute atomic E-state index is 0.532. The van der Waals surface area contributed by atoms with Crippen molar-refractivity contribution in [3.8, 4) is 0 Å². The van der Waals surface area contributed by atoms with E-state index < -0.39 is 0 Å². The van der Waals surface area contributed by atoms with Crippen LogP contribution in [0.3, 0.4) is 0 Å². The SMILES string of the molecule is Nc1ccc2c(CCl)c[nH]c2c1. The van der Waals surface area contributed by atoms with E-state index in [-0.39, 0.29) is 0 Å². The summed E-state index contributed by atoms with van der Waals surface area (Å²) in [5, 5.41) is 1.15. The van der Waals surface area contributed by atoms with Crippen LogP contribution in [0.4, 0.5) is 5.69 Å². The number of aromatic amines is 1. The highest BCUT2D eigenvalue weighted by Crippen LogP contribution is 2.21. The summed E-state index contributed by atoms with van der Waals surface area (Å²) in [6.45, 7) is 0. The Labute approximate surface area is 75.3 Å². The van der Waals surface area contributed by atoms with Gasteiger partial charge in [-0.1, -0.05) is 6.07 Å². The van der Waals surface area contributed by atoms with Crippen LogP contribution in [0.25, 0.3) is 10.9 Å². The van der Waals surface area contributed by atoms with E-state index in [1.54, 1.807) is 0 Å². The molecule has 0 amide bonds. The Morgan fingerprint density at radius 3 is 3.00 bits per heavy atom. The molecule has 2 rings (SSSR count). The molecule has 0 spiro atoms. The Kier molecular flexibility index (Phi) is 1.70. The first-order valence-electron chi connectivity index (χ1n) is 3.72. The second kappa shape index (κ2) is 2.72. The van der Waals surface area contributed by atoms with Crippen molar-refractivity contribution in [3.63, 3.8) is 0 Å². The standard InChI is InChI=1S/C9H9ClN2/c10-4-6-5-12-9-3-7(11)1-2-8(6)9/h1-3,5,12H,4,11H2. The van der Waals surface area contributed by atoms with Crippen LogP contribution in [-0.4, -0.2) is 4.98 Å². The molecule has 1 heterocycles. The monoisotopic (exact) mass is 180 g/mol. The molecule has 1 aromatic heterocycles. The minimum Gasteiger partial charge on any atom is -0.399 e. The van der Waals surface area contributed by atoms with Gasteiger partial charge in [0.15, 0.2) is 0 Å². The molecule has 2 nitrogen and oxygen atoms in total. The topological polar surface area (TPSA) is 41.8 Å². The summed E-state index contributed by atoms with van der Waals surface area (Å²) in [6.07, 6.45) is 1.91. The van der Waals surface area contributed by atoms with E-state index in [1.807, 2.05) is 24.4 Å². The van der Waals surface area contributed by atoms with E-state index >= 15 is 0 Å². The maximum absolute atomic E-state index is 5.74. The van der Waals surface area contributed by atoms with Crippen molar-refractivity contribution in [1.29, 1.82) is 0 Å². The number of fused-ring (bicyclic) bond motifs is 1. The summed E-state index contributed by atoms with van der Waals surface area (Å²) in [7, 11) is 0. The number of rotatable bonds is 1. The first-order valence-corrected chi connectivity index (χ1v) is 4.26. The van der Waals surface area contributed by atoms with E-state index in [0.29, 0.717) is 5.88 Å². The van der Waals surface area contributed by atoms with Gasteiger partial charge in [-0.15, -0.1) is 11.6 Å². The van der Waals surface area contributed by atoms with Gasteiger partial charge in [0.05, 0.1) is 0 Å². The van der Waals surface area contributed by atoms with E-state index in [2.05, 4.69) is 4.98 Å². The second-order valence-corrected chi connectivity index (χ2v) is 3.02. The molecule has 0 bridgehead atoms. The minimum atomic E-state index is 0.532. The number of H-pyrrole nitrogens is 1. The highest BCUT2D eigenvalue weighted by molar-refractivity contribution is 6.18. The van der Waals surface area contributed by atoms with E-state index in [9.17, 15) is 0 Å². The number of alkyl halides is 1. The molecule has 0 atom stereocenters. The van der Waals surface area contributed by atoms with Gasteiger partial charge in [-0.25, -0.2) is 0 Å². The molecular formula is C9H9ClN2. The average molecular weight is 181 g/mol. The second-order valence-electron chi connectivity index (χ2n) is 2.75. The highest BCUT2D eigenvalue weighted by atomic mass is 35.5. The Bertz CT molecular complexity index is 406. The molecule has 0 aliphatic carbocycles. The number of nitrogens with two attached hydrogens (primary N) is 1. The molecule has 3 N–H and O–H groups in total. The molecule has 0 aliphatic rings. The van der Waals surface area contributed by atoms with Crippen LogP contribution in [0, 0.1) is 0 Å². The lowest BCUT2D eigenvalue weighted by molar-refractivity contribution is 1.39. The number of nitrogens with one attached hydrogen (secondary N) is 1. The third kappa shape index (κ3) is 1.04. The summed E-state index contributed by atoms with van der Waals surface area (Å²) >= 11 is 5.74. The number of anilines is 1. The molecule has 1 aromatic carbocycles. The lowest BCUT2D eigenvalue weighted by Crippen LogP contribution is -1.82. The van der Waals surface area contributed by atoms with Crippen molar-refractivity contribution in [2.75, 3.05) is 5.73 Å². The number of halogens is 1. The molecule has 62 valence electrons. The summed E-state index contributed by atoms with van der Waals surface area (Å²) in [5.41, 5.74) is 8.55. The van der Waals surface area contributed by atoms with Gasteiger partial charge < -0.3 is 10.7 Å². The summed E-state index contributed by atoms with van der Waals surface area (Å²) in [5.74, 6) is 0.532. The van der Waals surface area contributed by atoms with Crippen LogP contribution in [-0.2, 0) is 5.88 Å². The predicted octanol–water partition coefficient (Wildman–Crippen LogP) is 2.49. The van der Waals surface area contributed by atoms with Crippen LogP contribution in [0.5, 0.6) is 0 Å². The van der Waals surface area contributed by atoms with Crippen LogP contribution in [0.2, 0.25) is 0 Å². The maximum atomic E-state index is 5.74. The Balaban J connectivity index is 2.73. The predicted molar refractivity (Wildman–Crippen MR) is 52.3 cm³/mol. The van der Waals surface area contributed by atoms with Crippen molar-refractivity contribution in [2.24, 2.45) is 0 Å². The van der Waals surface area contributed by atoms with Gasteiger partial charge in [0.2, 0.25) is 0 Å². The molecule has 0 aliphatic heterocycles. The molecule has 3 heteroatoms. The van der Waals surface area contributed by atoms with E-state index in [1.165, 1.54) is 0 Å². The molecular weight excluding hydrogens is 172 g/mol. The Hall–Kier alpha value is -1.15. The van der Waals surface area contributed by atoms with Gasteiger partial charge in [0.1, 0.15) is 0 Å². The summed E-state index contributed by atoms with van der Waals surface area (Å²) < 4.78 is 0. The highest BCUT2D eigenvalue weighted by Gasteiger charge is 2.01. The van der Waals surface area contributed by atoms with Crippen molar-refractivity contribution >= 4 is 28.2 Å². The lowest BCUT2D eigenvalue weighted by Gasteiger charge is -1.94. The number of aromatic nitrogens is 1. The zero-order chi connectivity index (χ0) is 8.55. The molecule has 0 unspecified atom stereocenters. The fraction of sp³-hybridized carbons (Fsp3) is 0.111. The third-order valence-electron chi connectivity index (χ3n) is 1.94. The number of benzene rings is 1. The first kappa shape index (κ1) is 7.50. The molecule has 0 radical (unpaired) electrons. The van der Waals surface area contributed by atoms with Gasteiger partial charge >= 0.3 is 0 Å². The van der Waals surface area contributed by atoms with E-state index in [4.69, 9.17) is 17.3 Å². The third-order valence-corrected chi connectivity index (χ3v) is 2.22. The lowest BCUT2D eigenvalue weighted by atomic mass is 10.2. The molecule has 0 saturated carbocycles. The average Bonchev–Trinajstić information content (AvgIpc) is 2.46. The van der Waals surface area contributed by atoms with Crippen molar-refractivity contribution in [3.05, 3.63) is 30.0 Å². The molecule has 2 aromatic rings. The van der Waals surface area contributed by atoms with Crippen molar-refractivity contribution in [2.45, 2.75) is 5.88 Å². The maximum Gasteiger partial charge on any atom is 0.0495 e. The van der Waals surface area contributed by atoms with Crippen LogP contribution < -0.4 is 5.73 Å². The van der Waals surface area contributed by atoms with Gasteiger partial charge in [0, 0.05) is 28.7 Å². The number of nitrogen functional groups attached to an aromatic ring is 1. The quantitative estimate of drug-likeness (QED) is 0.514. The Morgan fingerprint density at radius 1 is 1.42 bits per heavy atom. The van der Waals surface area contributed by atoms with Gasteiger partial charge in [-0.3, -0.25) is 0 Å². The summed E-state index contributed by atoms with van der Waals surface area (Å²) in [6, 6.07) is 5.77. The number of hydrogen-bond donors (Lipinski definition) is 2. The molecule has 0 saturated heterocycles.